The predicted octanol–water partition coefficient (Wildman–Crippen LogP) is 1.94. The van der Waals surface area contributed by atoms with Crippen molar-refractivity contribution in [2.24, 2.45) is 10.9 Å². The van der Waals surface area contributed by atoms with Gasteiger partial charge in [-0.3, -0.25) is 9.67 Å². The third-order valence-electron chi connectivity index (χ3n) is 5.06. The molecule has 140 valence electrons. The molecule has 1 saturated heterocycles. The van der Waals surface area contributed by atoms with Crippen LogP contribution in [0.2, 0.25) is 0 Å². The van der Waals surface area contributed by atoms with E-state index >= 15 is 0 Å². The van der Waals surface area contributed by atoms with E-state index in [0.717, 1.165) is 32.1 Å². The quantitative estimate of drug-likeness (QED) is 0.589. The van der Waals surface area contributed by atoms with Gasteiger partial charge in [0.15, 0.2) is 5.96 Å². The van der Waals surface area contributed by atoms with Crippen molar-refractivity contribution >= 4 is 5.96 Å². The zero-order valence-electron chi connectivity index (χ0n) is 15.9. The minimum absolute atomic E-state index is 0.709. The smallest absolute Gasteiger partial charge is 0.191 e. The molecule has 1 unspecified atom stereocenters. The topological polar surface area (TPSA) is 57.5 Å². The van der Waals surface area contributed by atoms with Gasteiger partial charge in [0.2, 0.25) is 0 Å². The molecule has 1 aromatic carbocycles. The van der Waals surface area contributed by atoms with E-state index in [2.05, 4.69) is 56.8 Å². The molecule has 26 heavy (non-hydrogen) atoms. The Bertz CT molecular complexity index is 694. The molecule has 3 rings (SSSR count). The van der Waals surface area contributed by atoms with Crippen LogP contribution in [-0.4, -0.2) is 53.9 Å². The lowest BCUT2D eigenvalue weighted by Crippen LogP contribution is -2.40. The van der Waals surface area contributed by atoms with Crippen LogP contribution in [0.5, 0.6) is 0 Å². The number of aliphatic imine (C=N–C) groups is 1. The number of nitrogens with zero attached hydrogens (tertiary/aromatic N) is 4. The fourth-order valence-electron chi connectivity index (χ4n) is 3.46. The summed E-state index contributed by atoms with van der Waals surface area (Å²) in [6.45, 7) is 8.30. The highest BCUT2D eigenvalue weighted by Crippen LogP contribution is 2.14. The average molecular weight is 355 g/mol. The molecule has 1 aliphatic heterocycles. The van der Waals surface area contributed by atoms with Crippen LogP contribution in [0.15, 0.2) is 47.7 Å². The largest absolute Gasteiger partial charge is 0.356 e. The summed E-state index contributed by atoms with van der Waals surface area (Å²) in [5.41, 5.74) is 2.54. The number of benzene rings is 1. The van der Waals surface area contributed by atoms with Crippen LogP contribution in [0.25, 0.3) is 0 Å². The van der Waals surface area contributed by atoms with Crippen LogP contribution in [0.3, 0.4) is 0 Å². The second kappa shape index (κ2) is 9.38. The van der Waals surface area contributed by atoms with Gasteiger partial charge in [0.05, 0.1) is 6.54 Å². The summed E-state index contributed by atoms with van der Waals surface area (Å²) in [6.07, 6.45) is 5.08. The number of aromatic nitrogens is 2. The lowest BCUT2D eigenvalue weighted by Gasteiger charge is -2.17. The first-order chi connectivity index (χ1) is 12.8. The van der Waals surface area contributed by atoms with Gasteiger partial charge in [-0.1, -0.05) is 31.2 Å². The van der Waals surface area contributed by atoms with Crippen LogP contribution >= 0.6 is 0 Å². The third kappa shape index (κ3) is 5.08. The summed E-state index contributed by atoms with van der Waals surface area (Å²) in [7, 11) is 1.83. The number of hydrogen-bond donors (Lipinski definition) is 2. The highest BCUT2D eigenvalue weighted by Gasteiger charge is 2.20. The fourth-order valence-corrected chi connectivity index (χ4v) is 3.46. The molecule has 2 N–H and O–H groups in total. The van der Waals surface area contributed by atoms with Gasteiger partial charge in [-0.25, -0.2) is 0 Å². The summed E-state index contributed by atoms with van der Waals surface area (Å²) in [6, 6.07) is 10.4. The van der Waals surface area contributed by atoms with Crippen LogP contribution in [0.4, 0.5) is 0 Å². The van der Waals surface area contributed by atoms with Crippen molar-refractivity contribution in [1.29, 1.82) is 0 Å². The fraction of sp³-hybridized carbons (Fsp3) is 0.500. The second-order valence-electron chi connectivity index (χ2n) is 6.83. The summed E-state index contributed by atoms with van der Waals surface area (Å²) in [5.74, 6) is 1.58. The van der Waals surface area contributed by atoms with Gasteiger partial charge < -0.3 is 15.5 Å². The SMILES string of the molecule is CCN1CCC(CNC(=NC)NCc2ccccc2Cn2cccn2)C1. The average Bonchev–Trinajstić information content (AvgIpc) is 3.34. The third-order valence-corrected chi connectivity index (χ3v) is 5.06. The Labute approximate surface area is 156 Å². The molecule has 0 bridgehead atoms. The maximum Gasteiger partial charge on any atom is 0.191 e. The van der Waals surface area contributed by atoms with E-state index in [1.807, 2.05) is 30.2 Å². The van der Waals surface area contributed by atoms with Crippen molar-refractivity contribution in [2.75, 3.05) is 33.2 Å². The Hall–Kier alpha value is -2.34. The Morgan fingerprint density at radius 2 is 2.08 bits per heavy atom. The molecule has 0 spiro atoms. The molecule has 1 aliphatic rings. The Balaban J connectivity index is 1.51. The molecule has 0 saturated carbocycles. The van der Waals surface area contributed by atoms with Crippen LogP contribution in [0.1, 0.15) is 24.5 Å². The summed E-state index contributed by atoms with van der Waals surface area (Å²) < 4.78 is 1.95. The molecule has 0 aliphatic carbocycles. The van der Waals surface area contributed by atoms with Crippen LogP contribution < -0.4 is 10.6 Å². The Kier molecular flexibility index (Phi) is 6.66. The molecule has 0 amide bonds. The van der Waals surface area contributed by atoms with Gasteiger partial charge in [-0.2, -0.15) is 5.10 Å². The van der Waals surface area contributed by atoms with E-state index in [1.165, 1.54) is 30.6 Å². The number of rotatable bonds is 7. The van der Waals surface area contributed by atoms with E-state index in [-0.39, 0.29) is 0 Å². The van der Waals surface area contributed by atoms with Crippen LogP contribution in [-0.2, 0) is 13.1 Å². The minimum Gasteiger partial charge on any atom is -0.356 e. The first-order valence-electron chi connectivity index (χ1n) is 9.49. The van der Waals surface area contributed by atoms with Gasteiger partial charge in [0.25, 0.3) is 0 Å². The van der Waals surface area contributed by atoms with Crippen molar-refractivity contribution in [2.45, 2.75) is 26.4 Å². The van der Waals surface area contributed by atoms with E-state index in [1.54, 1.807) is 0 Å². The lowest BCUT2D eigenvalue weighted by molar-refractivity contribution is 0.342. The molecule has 1 fully saturated rings. The predicted molar refractivity (Wildman–Crippen MR) is 106 cm³/mol. The van der Waals surface area contributed by atoms with E-state index in [4.69, 9.17) is 0 Å². The lowest BCUT2D eigenvalue weighted by atomic mass is 10.1. The molecule has 6 heteroatoms. The molecule has 2 heterocycles. The summed E-state index contributed by atoms with van der Waals surface area (Å²) >= 11 is 0. The zero-order chi connectivity index (χ0) is 18.2. The first-order valence-corrected chi connectivity index (χ1v) is 9.49. The molecule has 0 radical (unpaired) electrons. The van der Waals surface area contributed by atoms with Crippen molar-refractivity contribution < 1.29 is 0 Å². The minimum atomic E-state index is 0.709. The number of nitrogens with one attached hydrogen (secondary N) is 2. The Morgan fingerprint density at radius 3 is 2.77 bits per heavy atom. The van der Waals surface area contributed by atoms with Crippen molar-refractivity contribution in [3.05, 3.63) is 53.9 Å². The van der Waals surface area contributed by atoms with E-state index < -0.39 is 0 Å². The number of hydrogen-bond acceptors (Lipinski definition) is 3. The maximum atomic E-state index is 4.37. The molecule has 1 atom stereocenters. The van der Waals surface area contributed by atoms with Gasteiger partial charge >= 0.3 is 0 Å². The summed E-state index contributed by atoms with van der Waals surface area (Å²) in [4.78, 5) is 6.88. The zero-order valence-corrected chi connectivity index (χ0v) is 15.9. The highest BCUT2D eigenvalue weighted by molar-refractivity contribution is 5.79. The maximum absolute atomic E-state index is 4.37. The first kappa shape index (κ1) is 18.5. The number of likely N-dealkylation sites (tertiary alicyclic amines) is 1. The van der Waals surface area contributed by atoms with Crippen molar-refractivity contribution in [1.82, 2.24) is 25.3 Å². The monoisotopic (exact) mass is 354 g/mol. The number of guanidine groups is 1. The normalized spacial score (nSPS) is 18.2. The molecule has 1 aromatic heterocycles. The van der Waals surface area contributed by atoms with Crippen molar-refractivity contribution in [3.63, 3.8) is 0 Å². The standard InChI is InChI=1S/C20H30N6/c1-3-25-12-9-17(15-25)13-22-20(21-2)23-14-18-7-4-5-8-19(18)16-26-11-6-10-24-26/h4-8,10-11,17H,3,9,12-16H2,1-2H3,(H2,21,22,23). The highest BCUT2D eigenvalue weighted by atomic mass is 15.3. The molecular formula is C20H30N6. The van der Waals surface area contributed by atoms with Gasteiger partial charge in [-0.15, -0.1) is 0 Å². The van der Waals surface area contributed by atoms with Gasteiger partial charge in [-0.05, 0) is 42.6 Å². The van der Waals surface area contributed by atoms with Crippen molar-refractivity contribution in [3.8, 4) is 0 Å². The molecule has 6 nitrogen and oxygen atoms in total. The van der Waals surface area contributed by atoms with E-state index in [0.29, 0.717) is 5.92 Å². The van der Waals surface area contributed by atoms with E-state index in [9.17, 15) is 0 Å². The van der Waals surface area contributed by atoms with Crippen LogP contribution in [0, 0.1) is 5.92 Å². The Morgan fingerprint density at radius 1 is 1.23 bits per heavy atom. The van der Waals surface area contributed by atoms with Gasteiger partial charge in [0.1, 0.15) is 0 Å². The van der Waals surface area contributed by atoms with Gasteiger partial charge in [0, 0.05) is 39.1 Å². The summed E-state index contributed by atoms with van der Waals surface area (Å²) in [5, 5.41) is 11.2. The molecular weight excluding hydrogens is 324 g/mol. The second-order valence-corrected chi connectivity index (χ2v) is 6.83. The molecule has 2 aromatic rings.